The largest absolute Gasteiger partial charge is 0.370 e. The molecule has 7 nitrogen and oxygen atoms in total. The fraction of sp³-hybridized carbons (Fsp3) is 0.467. The molecule has 1 N–H and O–H groups in total. The van der Waals surface area contributed by atoms with Gasteiger partial charge in [0.25, 0.3) is 0 Å². The van der Waals surface area contributed by atoms with Crippen LogP contribution >= 0.6 is 0 Å². The Morgan fingerprint density at radius 1 is 1.36 bits per heavy atom. The van der Waals surface area contributed by atoms with E-state index in [1.165, 1.54) is 0 Å². The summed E-state index contributed by atoms with van der Waals surface area (Å²) in [5.41, 5.74) is 0.869. The normalized spacial score (nSPS) is 18.1. The number of amides is 1. The number of carbonyl (C=O) groups excluding carboxylic acids is 1. The fourth-order valence-corrected chi connectivity index (χ4v) is 2.36. The van der Waals surface area contributed by atoms with E-state index in [-0.39, 0.29) is 18.6 Å². The number of ether oxygens (including phenoxy) is 1. The Bertz CT molecular complexity index is 591. The van der Waals surface area contributed by atoms with E-state index in [2.05, 4.69) is 20.4 Å². The van der Waals surface area contributed by atoms with E-state index in [1.54, 1.807) is 35.5 Å². The Hall–Kier alpha value is -2.28. The smallest absolute Gasteiger partial charge is 0.241 e. The van der Waals surface area contributed by atoms with Gasteiger partial charge in [-0.15, -0.1) is 0 Å². The Morgan fingerprint density at radius 2 is 2.23 bits per heavy atom. The van der Waals surface area contributed by atoms with E-state index in [0.717, 1.165) is 37.3 Å². The molecule has 0 aromatic carbocycles. The predicted octanol–water partition coefficient (Wildman–Crippen LogP) is 1.23. The first-order valence-corrected chi connectivity index (χ1v) is 7.48. The second-order valence-electron chi connectivity index (χ2n) is 5.29. The van der Waals surface area contributed by atoms with E-state index in [9.17, 15) is 4.79 Å². The van der Waals surface area contributed by atoms with Crippen LogP contribution in [0.15, 0.2) is 30.9 Å². The average molecular weight is 301 g/mol. The molecule has 0 aliphatic carbocycles. The minimum Gasteiger partial charge on any atom is -0.370 e. The minimum absolute atomic E-state index is 0.0113. The van der Waals surface area contributed by atoms with Crippen LogP contribution in [0.25, 0.3) is 0 Å². The van der Waals surface area contributed by atoms with Crippen LogP contribution in [-0.4, -0.2) is 32.3 Å². The van der Waals surface area contributed by atoms with Gasteiger partial charge in [0.2, 0.25) is 5.91 Å². The number of hydrogen-bond donors (Lipinski definition) is 1. The summed E-state index contributed by atoms with van der Waals surface area (Å²) in [5, 5.41) is 6.82. The summed E-state index contributed by atoms with van der Waals surface area (Å²) in [7, 11) is 0. The van der Waals surface area contributed by atoms with Gasteiger partial charge >= 0.3 is 0 Å². The van der Waals surface area contributed by atoms with Crippen LogP contribution in [0.3, 0.4) is 0 Å². The quantitative estimate of drug-likeness (QED) is 0.898. The van der Waals surface area contributed by atoms with Gasteiger partial charge in [-0.2, -0.15) is 5.10 Å². The van der Waals surface area contributed by atoms with E-state index in [4.69, 9.17) is 4.74 Å². The number of aromatic nitrogens is 4. The zero-order valence-electron chi connectivity index (χ0n) is 12.3. The molecule has 1 fully saturated rings. The summed E-state index contributed by atoms with van der Waals surface area (Å²) in [6.45, 7) is 1.40. The molecular weight excluding hydrogens is 282 g/mol. The average Bonchev–Trinajstić information content (AvgIpc) is 3.07. The topological polar surface area (TPSA) is 81.9 Å². The lowest BCUT2D eigenvalue weighted by molar-refractivity contribution is -0.122. The molecule has 0 saturated carbocycles. The van der Waals surface area contributed by atoms with Crippen LogP contribution < -0.4 is 5.32 Å². The van der Waals surface area contributed by atoms with Crippen molar-refractivity contribution in [2.75, 3.05) is 6.61 Å². The van der Waals surface area contributed by atoms with Crippen molar-refractivity contribution in [2.24, 2.45) is 0 Å². The van der Waals surface area contributed by atoms with Crippen LogP contribution in [0.1, 0.15) is 36.8 Å². The standard InChI is InChI=1S/C15H19N5O2/c21-14(11-20-6-3-5-19-20)16-8-12-9-17-15(18-10-12)13-4-1-2-7-22-13/h3,5-6,9-10,13H,1-2,4,7-8,11H2,(H,16,21)/t13-/m0/s1. The number of hydrogen-bond acceptors (Lipinski definition) is 5. The van der Waals surface area contributed by atoms with Crippen LogP contribution in [0.2, 0.25) is 0 Å². The lowest BCUT2D eigenvalue weighted by atomic mass is 10.1. The van der Waals surface area contributed by atoms with E-state index < -0.39 is 0 Å². The Morgan fingerprint density at radius 3 is 2.91 bits per heavy atom. The molecule has 7 heteroatoms. The van der Waals surface area contributed by atoms with Gasteiger partial charge in [0.15, 0.2) is 5.82 Å². The van der Waals surface area contributed by atoms with E-state index in [1.807, 2.05) is 0 Å². The lowest BCUT2D eigenvalue weighted by Crippen LogP contribution is -2.27. The Kier molecular flexibility index (Phi) is 4.75. The molecule has 2 aromatic rings. The fourth-order valence-electron chi connectivity index (χ4n) is 2.36. The summed E-state index contributed by atoms with van der Waals surface area (Å²) < 4.78 is 7.24. The molecule has 1 amide bonds. The van der Waals surface area contributed by atoms with Gasteiger partial charge in [-0.1, -0.05) is 0 Å². The van der Waals surface area contributed by atoms with Gasteiger partial charge < -0.3 is 10.1 Å². The molecule has 0 radical (unpaired) electrons. The van der Waals surface area contributed by atoms with Gasteiger partial charge in [-0.05, 0) is 25.3 Å². The first-order valence-electron chi connectivity index (χ1n) is 7.48. The van der Waals surface area contributed by atoms with Crippen LogP contribution in [0.5, 0.6) is 0 Å². The number of rotatable bonds is 5. The zero-order valence-corrected chi connectivity index (χ0v) is 12.3. The minimum atomic E-state index is -0.0941. The second-order valence-corrected chi connectivity index (χ2v) is 5.29. The molecule has 3 rings (SSSR count). The number of carbonyl (C=O) groups is 1. The van der Waals surface area contributed by atoms with Gasteiger partial charge in [-0.25, -0.2) is 9.97 Å². The molecule has 2 aromatic heterocycles. The maximum absolute atomic E-state index is 11.8. The second kappa shape index (κ2) is 7.13. The van der Waals surface area contributed by atoms with E-state index in [0.29, 0.717) is 6.54 Å². The highest BCUT2D eigenvalue weighted by Gasteiger charge is 2.18. The Labute approximate surface area is 128 Å². The van der Waals surface area contributed by atoms with Gasteiger partial charge in [0, 0.05) is 43.5 Å². The van der Waals surface area contributed by atoms with Crippen molar-refractivity contribution >= 4 is 5.91 Å². The Balaban J connectivity index is 1.49. The van der Waals surface area contributed by atoms with Crippen molar-refractivity contribution in [3.63, 3.8) is 0 Å². The summed E-state index contributed by atoms with van der Waals surface area (Å²) >= 11 is 0. The molecule has 22 heavy (non-hydrogen) atoms. The van der Waals surface area contributed by atoms with Crippen LogP contribution in [-0.2, 0) is 22.6 Å². The molecular formula is C15H19N5O2. The summed E-state index contributed by atoms with van der Waals surface area (Å²) in [5.74, 6) is 0.634. The SMILES string of the molecule is O=C(Cn1cccn1)NCc1cnc([C@@H]2CCCCO2)nc1. The maximum Gasteiger partial charge on any atom is 0.241 e. The molecule has 0 spiro atoms. The highest BCUT2D eigenvalue weighted by Crippen LogP contribution is 2.24. The van der Waals surface area contributed by atoms with Crippen molar-refractivity contribution in [1.82, 2.24) is 25.1 Å². The highest BCUT2D eigenvalue weighted by atomic mass is 16.5. The van der Waals surface area contributed by atoms with Crippen molar-refractivity contribution in [3.8, 4) is 0 Å². The number of nitrogens with one attached hydrogen (secondary N) is 1. The van der Waals surface area contributed by atoms with Crippen LogP contribution in [0, 0.1) is 0 Å². The summed E-state index contributed by atoms with van der Waals surface area (Å²) in [4.78, 5) is 20.5. The molecule has 0 bridgehead atoms. The molecule has 1 aliphatic rings. The molecule has 3 heterocycles. The molecule has 1 saturated heterocycles. The number of nitrogens with zero attached hydrogens (tertiary/aromatic N) is 4. The first kappa shape index (κ1) is 14.6. The van der Waals surface area contributed by atoms with Crippen molar-refractivity contribution in [3.05, 3.63) is 42.2 Å². The van der Waals surface area contributed by atoms with Crippen molar-refractivity contribution in [1.29, 1.82) is 0 Å². The summed E-state index contributed by atoms with van der Waals surface area (Å²) in [6.07, 6.45) is 10.1. The van der Waals surface area contributed by atoms with Crippen molar-refractivity contribution < 1.29 is 9.53 Å². The van der Waals surface area contributed by atoms with Gasteiger partial charge in [0.05, 0.1) is 0 Å². The molecule has 1 aliphatic heterocycles. The predicted molar refractivity (Wildman–Crippen MR) is 78.6 cm³/mol. The van der Waals surface area contributed by atoms with Gasteiger partial charge in [-0.3, -0.25) is 9.48 Å². The molecule has 1 atom stereocenters. The molecule has 116 valence electrons. The third-order valence-corrected chi connectivity index (χ3v) is 3.55. The van der Waals surface area contributed by atoms with Crippen molar-refractivity contribution in [2.45, 2.75) is 38.5 Å². The van der Waals surface area contributed by atoms with Crippen LogP contribution in [0.4, 0.5) is 0 Å². The lowest BCUT2D eigenvalue weighted by Gasteiger charge is -2.21. The monoisotopic (exact) mass is 301 g/mol. The summed E-state index contributed by atoms with van der Waals surface area (Å²) in [6, 6.07) is 1.78. The maximum atomic E-state index is 11.8. The third kappa shape index (κ3) is 3.88. The zero-order chi connectivity index (χ0) is 15.2. The van der Waals surface area contributed by atoms with Gasteiger partial charge in [0.1, 0.15) is 12.6 Å². The first-order chi connectivity index (χ1) is 10.8. The third-order valence-electron chi connectivity index (χ3n) is 3.55. The molecule has 0 unspecified atom stereocenters. The highest BCUT2D eigenvalue weighted by molar-refractivity contribution is 5.75. The van der Waals surface area contributed by atoms with E-state index >= 15 is 0 Å².